The van der Waals surface area contributed by atoms with Crippen LogP contribution in [0, 0.1) is 13.8 Å². The lowest BCUT2D eigenvalue weighted by atomic mass is 10.2. The Balaban J connectivity index is 1.84. The van der Waals surface area contributed by atoms with Gasteiger partial charge in [-0.25, -0.2) is 0 Å². The van der Waals surface area contributed by atoms with Gasteiger partial charge in [-0.15, -0.1) is 0 Å². The molecular formula is C15H17N3O5. The summed E-state index contributed by atoms with van der Waals surface area (Å²) in [6, 6.07) is 4.66. The first-order valence-corrected chi connectivity index (χ1v) is 6.83. The van der Waals surface area contributed by atoms with Crippen molar-refractivity contribution in [3.8, 4) is 0 Å². The summed E-state index contributed by atoms with van der Waals surface area (Å²) in [6.07, 6.45) is 1.37. The van der Waals surface area contributed by atoms with Gasteiger partial charge < -0.3 is 13.7 Å². The fourth-order valence-electron chi connectivity index (χ4n) is 1.97. The Labute approximate surface area is 132 Å². The van der Waals surface area contributed by atoms with E-state index in [0.29, 0.717) is 17.1 Å². The van der Waals surface area contributed by atoms with Gasteiger partial charge in [-0.3, -0.25) is 25.2 Å². The van der Waals surface area contributed by atoms with Crippen molar-refractivity contribution in [1.29, 1.82) is 0 Å². The highest BCUT2D eigenvalue weighted by molar-refractivity contribution is 5.97. The molecule has 0 aliphatic carbocycles. The molecule has 3 amide bonds. The summed E-state index contributed by atoms with van der Waals surface area (Å²) in [4.78, 5) is 36.8. The normalized spacial score (nSPS) is 10.2. The topological polar surface area (TPSA) is 105 Å². The monoisotopic (exact) mass is 319 g/mol. The molecule has 2 heterocycles. The Hall–Kier alpha value is -3.03. The Kier molecular flexibility index (Phi) is 4.85. The molecule has 0 aromatic carbocycles. The lowest BCUT2D eigenvalue weighted by molar-refractivity contribution is -0.122. The Morgan fingerprint density at radius 3 is 2.52 bits per heavy atom. The van der Waals surface area contributed by atoms with Crippen molar-refractivity contribution < 1.29 is 23.2 Å². The van der Waals surface area contributed by atoms with Gasteiger partial charge in [0.2, 0.25) is 0 Å². The van der Waals surface area contributed by atoms with E-state index >= 15 is 0 Å². The van der Waals surface area contributed by atoms with E-state index in [1.165, 1.54) is 24.3 Å². The number of aryl methyl sites for hydroxylation is 2. The number of nitrogens with one attached hydrogen (secondary N) is 2. The minimum Gasteiger partial charge on any atom is -0.466 e. The van der Waals surface area contributed by atoms with Crippen molar-refractivity contribution in [1.82, 2.24) is 15.8 Å². The number of amides is 3. The quantitative estimate of drug-likeness (QED) is 0.819. The average Bonchev–Trinajstić information content (AvgIpc) is 3.13. The number of hydrazine groups is 1. The second-order valence-electron chi connectivity index (χ2n) is 4.97. The van der Waals surface area contributed by atoms with Gasteiger partial charge in [0.25, 0.3) is 17.7 Å². The summed E-state index contributed by atoms with van der Waals surface area (Å²) in [7, 11) is 1.45. The summed E-state index contributed by atoms with van der Waals surface area (Å²) in [5.41, 5.74) is 4.85. The molecular weight excluding hydrogens is 302 g/mol. The van der Waals surface area contributed by atoms with Crippen molar-refractivity contribution in [3.63, 3.8) is 0 Å². The van der Waals surface area contributed by atoms with E-state index in [1.807, 2.05) is 0 Å². The lowest BCUT2D eigenvalue weighted by Crippen LogP contribution is -2.46. The zero-order chi connectivity index (χ0) is 17.0. The third-order valence-electron chi connectivity index (χ3n) is 3.06. The number of hydrogen-bond acceptors (Lipinski definition) is 5. The molecule has 0 atom stereocenters. The first-order valence-electron chi connectivity index (χ1n) is 6.83. The highest BCUT2D eigenvalue weighted by Crippen LogP contribution is 2.12. The minimum atomic E-state index is -0.543. The largest absolute Gasteiger partial charge is 0.466 e. The SMILES string of the molecule is Cc1cc(C(=O)NNC(=O)CN(C)C(=O)c2ccco2)c(C)o1. The van der Waals surface area contributed by atoms with Crippen LogP contribution in [0.5, 0.6) is 0 Å². The van der Waals surface area contributed by atoms with Crippen LogP contribution in [0.1, 0.15) is 32.4 Å². The Morgan fingerprint density at radius 2 is 1.96 bits per heavy atom. The summed E-state index contributed by atoms with van der Waals surface area (Å²) >= 11 is 0. The molecule has 2 aromatic heterocycles. The molecule has 23 heavy (non-hydrogen) atoms. The lowest BCUT2D eigenvalue weighted by Gasteiger charge is -2.15. The molecule has 0 unspecified atom stereocenters. The fraction of sp³-hybridized carbons (Fsp3) is 0.267. The van der Waals surface area contributed by atoms with E-state index < -0.39 is 17.7 Å². The van der Waals surface area contributed by atoms with Crippen molar-refractivity contribution in [2.45, 2.75) is 13.8 Å². The molecule has 0 aliphatic heterocycles. The highest BCUT2D eigenvalue weighted by atomic mass is 16.3. The number of carbonyl (C=O) groups excluding carboxylic acids is 3. The molecule has 0 aliphatic rings. The van der Waals surface area contributed by atoms with Gasteiger partial charge in [-0.1, -0.05) is 0 Å². The second-order valence-corrected chi connectivity index (χ2v) is 4.97. The van der Waals surface area contributed by atoms with E-state index in [4.69, 9.17) is 8.83 Å². The molecule has 2 N–H and O–H groups in total. The predicted octanol–water partition coefficient (Wildman–Crippen LogP) is 1.02. The van der Waals surface area contributed by atoms with Crippen LogP contribution in [0.25, 0.3) is 0 Å². The average molecular weight is 319 g/mol. The van der Waals surface area contributed by atoms with Crippen LogP contribution >= 0.6 is 0 Å². The van der Waals surface area contributed by atoms with E-state index in [0.717, 1.165) is 0 Å². The van der Waals surface area contributed by atoms with Crippen LogP contribution in [-0.4, -0.2) is 36.2 Å². The van der Waals surface area contributed by atoms with E-state index in [9.17, 15) is 14.4 Å². The maximum absolute atomic E-state index is 11.9. The van der Waals surface area contributed by atoms with Gasteiger partial charge in [0.05, 0.1) is 11.8 Å². The van der Waals surface area contributed by atoms with E-state index in [-0.39, 0.29) is 12.3 Å². The summed E-state index contributed by atoms with van der Waals surface area (Å²) < 4.78 is 10.2. The number of likely N-dealkylation sites (N-methyl/N-ethyl adjacent to an activating group) is 1. The van der Waals surface area contributed by atoms with Gasteiger partial charge in [-0.05, 0) is 32.0 Å². The second kappa shape index (κ2) is 6.82. The molecule has 0 saturated heterocycles. The molecule has 0 fully saturated rings. The fourth-order valence-corrected chi connectivity index (χ4v) is 1.97. The number of rotatable bonds is 4. The Morgan fingerprint density at radius 1 is 1.22 bits per heavy atom. The van der Waals surface area contributed by atoms with Crippen LogP contribution in [0.3, 0.4) is 0 Å². The molecule has 122 valence electrons. The molecule has 8 heteroatoms. The third-order valence-corrected chi connectivity index (χ3v) is 3.06. The Bertz CT molecular complexity index is 718. The standard InChI is InChI=1S/C15H17N3O5/c1-9-7-11(10(2)23-9)14(20)17-16-13(19)8-18(3)15(21)12-5-4-6-22-12/h4-7H,8H2,1-3H3,(H,16,19)(H,17,20). The number of nitrogens with zero attached hydrogens (tertiary/aromatic N) is 1. The first-order chi connectivity index (χ1) is 10.9. The van der Waals surface area contributed by atoms with E-state index in [1.54, 1.807) is 26.0 Å². The van der Waals surface area contributed by atoms with Crippen LogP contribution in [-0.2, 0) is 4.79 Å². The van der Waals surface area contributed by atoms with Gasteiger partial charge >= 0.3 is 0 Å². The molecule has 0 bridgehead atoms. The highest BCUT2D eigenvalue weighted by Gasteiger charge is 2.18. The number of hydrogen-bond donors (Lipinski definition) is 2. The third kappa shape index (κ3) is 4.00. The maximum Gasteiger partial charge on any atom is 0.289 e. The van der Waals surface area contributed by atoms with Gasteiger partial charge in [-0.2, -0.15) is 0 Å². The molecule has 0 radical (unpaired) electrons. The molecule has 8 nitrogen and oxygen atoms in total. The van der Waals surface area contributed by atoms with Gasteiger partial charge in [0.1, 0.15) is 18.1 Å². The maximum atomic E-state index is 11.9. The van der Waals surface area contributed by atoms with Crippen LogP contribution in [0.2, 0.25) is 0 Å². The molecule has 2 rings (SSSR count). The summed E-state index contributed by atoms with van der Waals surface area (Å²) in [5.74, 6) is -0.278. The van der Waals surface area contributed by atoms with Crippen LogP contribution < -0.4 is 10.9 Å². The van der Waals surface area contributed by atoms with Crippen LogP contribution in [0.15, 0.2) is 33.3 Å². The molecule has 2 aromatic rings. The van der Waals surface area contributed by atoms with Crippen molar-refractivity contribution in [3.05, 3.63) is 47.3 Å². The zero-order valence-corrected chi connectivity index (χ0v) is 13.0. The first kappa shape index (κ1) is 16.3. The van der Waals surface area contributed by atoms with Gasteiger partial charge in [0, 0.05) is 7.05 Å². The smallest absolute Gasteiger partial charge is 0.289 e. The van der Waals surface area contributed by atoms with Crippen molar-refractivity contribution >= 4 is 17.7 Å². The number of carbonyl (C=O) groups is 3. The molecule has 0 saturated carbocycles. The summed E-state index contributed by atoms with van der Waals surface area (Å²) in [6.45, 7) is 3.14. The van der Waals surface area contributed by atoms with Crippen molar-refractivity contribution in [2.24, 2.45) is 0 Å². The molecule has 0 spiro atoms. The minimum absolute atomic E-state index is 0.133. The predicted molar refractivity (Wildman–Crippen MR) is 79.5 cm³/mol. The number of furan rings is 2. The van der Waals surface area contributed by atoms with E-state index in [2.05, 4.69) is 10.9 Å². The van der Waals surface area contributed by atoms with Crippen LogP contribution in [0.4, 0.5) is 0 Å². The van der Waals surface area contributed by atoms with Gasteiger partial charge in [0.15, 0.2) is 5.76 Å². The summed E-state index contributed by atoms with van der Waals surface area (Å²) in [5, 5.41) is 0. The van der Waals surface area contributed by atoms with Crippen molar-refractivity contribution in [2.75, 3.05) is 13.6 Å². The zero-order valence-electron chi connectivity index (χ0n) is 13.0.